The summed E-state index contributed by atoms with van der Waals surface area (Å²) < 4.78 is 4.87. The average Bonchev–Trinajstić information content (AvgIpc) is 2.43. The summed E-state index contributed by atoms with van der Waals surface area (Å²) in [6, 6.07) is 0. The van der Waals surface area contributed by atoms with E-state index in [0.29, 0.717) is 13.0 Å². The molecule has 1 rings (SSSR count). The Bertz CT molecular complexity index is 494. The number of aliphatic hydroxyl groups is 1. The molecule has 21 heavy (non-hydrogen) atoms. The SMILES string of the molecule is COCC(O)CCNC(=O)c1c(C)c(C)c(C)c(C)c1C. The summed E-state index contributed by atoms with van der Waals surface area (Å²) >= 11 is 0. The molecule has 0 radical (unpaired) electrons. The number of carbonyl (C=O) groups is 1. The van der Waals surface area contributed by atoms with Crippen molar-refractivity contribution in [2.24, 2.45) is 0 Å². The lowest BCUT2D eigenvalue weighted by Gasteiger charge is -2.18. The molecule has 0 fully saturated rings. The van der Waals surface area contributed by atoms with E-state index in [-0.39, 0.29) is 12.5 Å². The predicted octanol–water partition coefficient (Wildman–Crippen LogP) is 2.36. The molecule has 4 heteroatoms. The summed E-state index contributed by atoms with van der Waals surface area (Å²) in [6.45, 7) is 10.9. The van der Waals surface area contributed by atoms with E-state index >= 15 is 0 Å². The molecule has 0 spiro atoms. The second-order valence-electron chi connectivity index (χ2n) is 5.65. The van der Waals surface area contributed by atoms with Gasteiger partial charge in [0.2, 0.25) is 0 Å². The van der Waals surface area contributed by atoms with E-state index < -0.39 is 6.10 Å². The molecule has 1 amide bonds. The van der Waals surface area contributed by atoms with E-state index in [9.17, 15) is 9.90 Å². The van der Waals surface area contributed by atoms with Crippen LogP contribution < -0.4 is 5.32 Å². The van der Waals surface area contributed by atoms with Crippen LogP contribution in [-0.4, -0.2) is 37.4 Å². The second kappa shape index (κ2) is 7.57. The van der Waals surface area contributed by atoms with Gasteiger partial charge in [-0.1, -0.05) is 0 Å². The Hall–Kier alpha value is -1.39. The van der Waals surface area contributed by atoms with Crippen molar-refractivity contribution < 1.29 is 14.6 Å². The van der Waals surface area contributed by atoms with Gasteiger partial charge >= 0.3 is 0 Å². The molecular weight excluding hydrogens is 266 g/mol. The molecule has 0 saturated heterocycles. The fourth-order valence-electron chi connectivity index (χ4n) is 2.56. The zero-order valence-corrected chi connectivity index (χ0v) is 14.0. The molecule has 1 aromatic carbocycles. The summed E-state index contributed by atoms with van der Waals surface area (Å²) in [6.07, 6.45) is -0.0550. The third kappa shape index (κ3) is 4.05. The molecule has 0 aromatic heterocycles. The molecular formula is C17H27NO3. The van der Waals surface area contributed by atoms with Crippen LogP contribution in [0.1, 0.15) is 44.6 Å². The molecule has 0 aliphatic heterocycles. The minimum absolute atomic E-state index is 0.0687. The van der Waals surface area contributed by atoms with E-state index in [2.05, 4.69) is 26.1 Å². The standard InChI is InChI=1S/C17H27NO3/c1-10-11(2)13(4)16(14(5)12(10)3)17(20)18-8-7-15(19)9-21-6/h15,19H,7-9H2,1-6H3,(H,18,20). The van der Waals surface area contributed by atoms with Crippen LogP contribution in [0.5, 0.6) is 0 Å². The van der Waals surface area contributed by atoms with Gasteiger partial charge in [0.05, 0.1) is 12.7 Å². The van der Waals surface area contributed by atoms with E-state index in [1.807, 2.05) is 13.8 Å². The molecule has 0 heterocycles. The third-order valence-electron chi connectivity index (χ3n) is 4.35. The smallest absolute Gasteiger partial charge is 0.251 e. The van der Waals surface area contributed by atoms with E-state index in [4.69, 9.17) is 4.74 Å². The first-order chi connectivity index (χ1) is 9.81. The van der Waals surface area contributed by atoms with Crippen LogP contribution in [0.3, 0.4) is 0 Å². The average molecular weight is 293 g/mol. The lowest BCUT2D eigenvalue weighted by molar-refractivity contribution is 0.0587. The highest BCUT2D eigenvalue weighted by atomic mass is 16.5. The Morgan fingerprint density at radius 2 is 1.52 bits per heavy atom. The van der Waals surface area contributed by atoms with Crippen LogP contribution in [0.15, 0.2) is 0 Å². The van der Waals surface area contributed by atoms with E-state index in [1.165, 1.54) is 16.7 Å². The van der Waals surface area contributed by atoms with Gasteiger partial charge in [0.1, 0.15) is 0 Å². The van der Waals surface area contributed by atoms with Gasteiger partial charge in [-0.05, 0) is 68.9 Å². The molecule has 0 aliphatic rings. The fraction of sp³-hybridized carbons (Fsp3) is 0.588. The monoisotopic (exact) mass is 293 g/mol. The molecule has 1 atom stereocenters. The molecule has 0 bridgehead atoms. The number of aliphatic hydroxyl groups excluding tert-OH is 1. The summed E-state index contributed by atoms with van der Waals surface area (Å²) in [5, 5.41) is 12.5. The summed E-state index contributed by atoms with van der Waals surface area (Å²) in [5.74, 6) is -0.0687. The van der Waals surface area contributed by atoms with Crippen LogP contribution in [0, 0.1) is 34.6 Å². The maximum atomic E-state index is 12.4. The van der Waals surface area contributed by atoms with Gasteiger partial charge in [-0.25, -0.2) is 0 Å². The molecule has 2 N–H and O–H groups in total. The van der Waals surface area contributed by atoms with Crippen LogP contribution in [0.2, 0.25) is 0 Å². The molecule has 4 nitrogen and oxygen atoms in total. The summed E-state index contributed by atoms with van der Waals surface area (Å²) in [5.41, 5.74) is 6.41. The van der Waals surface area contributed by atoms with Gasteiger partial charge in [0.15, 0.2) is 0 Å². The fourth-order valence-corrected chi connectivity index (χ4v) is 2.56. The number of methoxy groups -OCH3 is 1. The van der Waals surface area contributed by atoms with E-state index in [0.717, 1.165) is 16.7 Å². The van der Waals surface area contributed by atoms with Crippen LogP contribution >= 0.6 is 0 Å². The Morgan fingerprint density at radius 1 is 1.05 bits per heavy atom. The Labute approximate surface area is 127 Å². The van der Waals surface area contributed by atoms with Gasteiger partial charge in [0.25, 0.3) is 5.91 Å². The van der Waals surface area contributed by atoms with Crippen LogP contribution in [0.4, 0.5) is 0 Å². The quantitative estimate of drug-likeness (QED) is 0.846. The van der Waals surface area contributed by atoms with Crippen molar-refractivity contribution in [1.29, 1.82) is 0 Å². The van der Waals surface area contributed by atoms with Gasteiger partial charge in [-0.2, -0.15) is 0 Å². The highest BCUT2D eigenvalue weighted by molar-refractivity contribution is 5.98. The van der Waals surface area contributed by atoms with Crippen molar-refractivity contribution in [2.45, 2.75) is 47.1 Å². The maximum Gasteiger partial charge on any atom is 0.251 e. The third-order valence-corrected chi connectivity index (χ3v) is 4.35. The molecule has 1 unspecified atom stereocenters. The number of hydrogen-bond acceptors (Lipinski definition) is 3. The number of amides is 1. The number of hydrogen-bond donors (Lipinski definition) is 2. The van der Waals surface area contributed by atoms with Crippen LogP contribution in [-0.2, 0) is 4.74 Å². The normalized spacial score (nSPS) is 12.3. The zero-order valence-electron chi connectivity index (χ0n) is 14.0. The highest BCUT2D eigenvalue weighted by Crippen LogP contribution is 2.25. The number of rotatable bonds is 6. The Morgan fingerprint density at radius 3 is 2.00 bits per heavy atom. The van der Waals surface area contributed by atoms with Crippen molar-refractivity contribution in [3.05, 3.63) is 33.4 Å². The van der Waals surface area contributed by atoms with Gasteiger partial charge in [0, 0.05) is 19.2 Å². The van der Waals surface area contributed by atoms with Crippen molar-refractivity contribution in [3.8, 4) is 0 Å². The number of ether oxygens (including phenoxy) is 1. The zero-order chi connectivity index (χ0) is 16.2. The van der Waals surface area contributed by atoms with Crippen molar-refractivity contribution in [3.63, 3.8) is 0 Å². The Kier molecular flexibility index (Phi) is 6.37. The summed E-state index contributed by atoms with van der Waals surface area (Å²) in [7, 11) is 1.55. The maximum absolute atomic E-state index is 12.4. The van der Waals surface area contributed by atoms with Crippen molar-refractivity contribution >= 4 is 5.91 Å². The largest absolute Gasteiger partial charge is 0.391 e. The van der Waals surface area contributed by atoms with Crippen LogP contribution in [0.25, 0.3) is 0 Å². The minimum atomic E-state index is -0.543. The molecule has 1 aromatic rings. The van der Waals surface area contributed by atoms with Gasteiger partial charge in [-0.3, -0.25) is 4.79 Å². The first-order valence-corrected chi connectivity index (χ1v) is 7.33. The topological polar surface area (TPSA) is 58.6 Å². The first kappa shape index (κ1) is 17.7. The van der Waals surface area contributed by atoms with Gasteiger partial charge in [-0.15, -0.1) is 0 Å². The molecule has 0 aliphatic carbocycles. The predicted molar refractivity (Wildman–Crippen MR) is 85.0 cm³/mol. The first-order valence-electron chi connectivity index (χ1n) is 7.33. The van der Waals surface area contributed by atoms with Crippen molar-refractivity contribution in [1.82, 2.24) is 5.32 Å². The van der Waals surface area contributed by atoms with Gasteiger partial charge < -0.3 is 15.2 Å². The number of carbonyl (C=O) groups excluding carboxylic acids is 1. The number of benzene rings is 1. The minimum Gasteiger partial charge on any atom is -0.391 e. The van der Waals surface area contributed by atoms with Crippen molar-refractivity contribution in [2.75, 3.05) is 20.3 Å². The molecule has 0 saturated carbocycles. The number of nitrogens with one attached hydrogen (secondary N) is 1. The van der Waals surface area contributed by atoms with E-state index in [1.54, 1.807) is 7.11 Å². The lowest BCUT2D eigenvalue weighted by Crippen LogP contribution is -2.30. The lowest BCUT2D eigenvalue weighted by atomic mass is 9.89. The highest BCUT2D eigenvalue weighted by Gasteiger charge is 2.18. The summed E-state index contributed by atoms with van der Waals surface area (Å²) in [4.78, 5) is 12.4. The second-order valence-corrected chi connectivity index (χ2v) is 5.65. The Balaban J connectivity index is 2.84. The molecule has 118 valence electrons.